The second kappa shape index (κ2) is 16.2. The molecule has 2 heterocycles. The van der Waals surface area contributed by atoms with E-state index < -0.39 is 61.1 Å². The SMILES string of the molecule is [2H]c1c([2H])c(C(C([2H])([2H])[2H])(C([2H])([2H])[2H])C([2H])([2H])[2H])c([2H])c([2H])c1-c1ccnc(-c2[c-]c(-c3cccc4c3nc(-c3cc(C)cc(C)c3O)n4-c3ccc(-c4ccccc4)c(CC)c3)cc(C(C)(C)C)c2)c1.[Pt]. The third-order valence-corrected chi connectivity index (χ3v) is 10.5. The fourth-order valence-electron chi connectivity index (χ4n) is 7.46. The smallest absolute Gasteiger partial charge is 0.148 e. The van der Waals surface area contributed by atoms with Gasteiger partial charge in [-0.25, -0.2) is 4.98 Å². The number of hydrogen-bond donors (Lipinski definition) is 1. The molecule has 8 aromatic rings. The van der Waals surface area contributed by atoms with E-state index in [0.717, 1.165) is 51.0 Å². The third-order valence-electron chi connectivity index (χ3n) is 10.5. The first-order chi connectivity index (χ1) is 33.1. The van der Waals surface area contributed by atoms with Gasteiger partial charge in [0.15, 0.2) is 0 Å². The molecule has 0 atom stereocenters. The third kappa shape index (κ3) is 8.21. The van der Waals surface area contributed by atoms with Gasteiger partial charge in [-0.2, -0.15) is 0 Å². The molecule has 0 aliphatic carbocycles. The maximum absolute atomic E-state index is 11.7. The Hall–Kier alpha value is -5.57. The molecule has 0 amide bonds. The van der Waals surface area contributed by atoms with Gasteiger partial charge >= 0.3 is 0 Å². The Morgan fingerprint density at radius 1 is 0.712 bits per heavy atom. The van der Waals surface area contributed by atoms with Crippen LogP contribution in [0.5, 0.6) is 5.75 Å². The number of phenols is 1. The van der Waals surface area contributed by atoms with Crippen LogP contribution >= 0.6 is 0 Å². The zero-order chi connectivity index (χ0) is 51.9. The van der Waals surface area contributed by atoms with Crippen LogP contribution in [0.4, 0.5) is 0 Å². The molecule has 2 aromatic heterocycles. The second-order valence-corrected chi connectivity index (χ2v) is 15.9. The van der Waals surface area contributed by atoms with Crippen molar-refractivity contribution in [1.82, 2.24) is 14.5 Å². The van der Waals surface area contributed by atoms with Crippen molar-refractivity contribution in [2.45, 2.75) is 79.3 Å². The van der Waals surface area contributed by atoms with Gasteiger partial charge in [0, 0.05) is 51.0 Å². The van der Waals surface area contributed by atoms with Gasteiger partial charge in [-0.15, -0.1) is 29.3 Å². The van der Waals surface area contributed by atoms with Crippen molar-refractivity contribution in [3.05, 3.63) is 167 Å². The van der Waals surface area contributed by atoms with Crippen molar-refractivity contribution in [3.8, 4) is 67.5 Å². The van der Waals surface area contributed by atoms with Crippen molar-refractivity contribution >= 4 is 11.0 Å². The molecule has 0 saturated heterocycles. The molecule has 0 fully saturated rings. The summed E-state index contributed by atoms with van der Waals surface area (Å²) in [6, 6.07) is 33.0. The maximum Gasteiger partial charge on any atom is 0.148 e. The number of aromatic hydroxyl groups is 1. The number of fused-ring (bicyclic) bond motifs is 1. The van der Waals surface area contributed by atoms with Crippen LogP contribution in [0.15, 0.2) is 133 Å². The summed E-state index contributed by atoms with van der Waals surface area (Å²) in [5, 5.41) is 11.7. The molecule has 1 N–H and O–H groups in total. The number of hydrogen-bond acceptors (Lipinski definition) is 3. The Balaban J connectivity index is 0.00000760. The van der Waals surface area contributed by atoms with Crippen molar-refractivity contribution in [2.24, 2.45) is 0 Å². The Morgan fingerprint density at radius 2 is 1.46 bits per heavy atom. The van der Waals surface area contributed by atoms with Crippen LogP contribution in [-0.2, 0) is 38.3 Å². The molecule has 59 heavy (non-hydrogen) atoms. The van der Waals surface area contributed by atoms with Crippen LogP contribution in [0.2, 0.25) is 0 Å². The van der Waals surface area contributed by atoms with E-state index in [9.17, 15) is 5.11 Å². The van der Waals surface area contributed by atoms with E-state index in [-0.39, 0.29) is 37.9 Å². The number of pyridine rings is 1. The minimum atomic E-state index is -3.80. The Bertz CT molecular complexity index is 3320. The van der Waals surface area contributed by atoms with Gasteiger partial charge in [0.1, 0.15) is 11.6 Å². The van der Waals surface area contributed by atoms with Gasteiger partial charge in [0.25, 0.3) is 0 Å². The Morgan fingerprint density at radius 3 is 2.17 bits per heavy atom. The predicted octanol–water partition coefficient (Wildman–Crippen LogP) is 14.0. The van der Waals surface area contributed by atoms with Crippen LogP contribution in [0.1, 0.15) is 93.9 Å². The van der Waals surface area contributed by atoms with Gasteiger partial charge in [0.2, 0.25) is 0 Å². The summed E-state index contributed by atoms with van der Waals surface area (Å²) < 4.78 is 112. The molecule has 0 radical (unpaired) electrons. The van der Waals surface area contributed by atoms with Crippen LogP contribution in [0.3, 0.4) is 0 Å². The van der Waals surface area contributed by atoms with E-state index in [1.807, 2.05) is 74.5 Å². The molecule has 0 saturated carbocycles. The molecule has 300 valence electrons. The average Bonchev–Trinajstić information content (AvgIpc) is 3.69. The number of aryl methyl sites for hydroxylation is 3. The van der Waals surface area contributed by atoms with Crippen LogP contribution < -0.4 is 0 Å². The fraction of sp³-hybridized carbons (Fsp3) is 0.222. The Labute approximate surface area is 382 Å². The zero-order valence-electron chi connectivity index (χ0n) is 46.7. The van der Waals surface area contributed by atoms with E-state index in [2.05, 4.69) is 73.6 Å². The minimum Gasteiger partial charge on any atom is -0.507 e. The fourth-order valence-corrected chi connectivity index (χ4v) is 7.46. The van der Waals surface area contributed by atoms with Gasteiger partial charge in [-0.05, 0) is 106 Å². The maximum atomic E-state index is 11.7. The van der Waals surface area contributed by atoms with E-state index >= 15 is 0 Å². The molecule has 5 heteroatoms. The van der Waals surface area contributed by atoms with E-state index in [4.69, 9.17) is 22.8 Å². The molecule has 0 unspecified atom stereocenters. The number of nitrogens with zero attached hydrogens (tertiary/aromatic N) is 3. The standard InChI is InChI=1S/C54H52N3O.Pt/c1-10-36-32-44(23-24-45(36)38-15-12-11-13-16-38)57-49-18-14-17-46(50(49)56-52(57)47-28-34(2)27-35(3)51(47)58)40-29-41(31-43(30-40)54(7,8)9)48-33-39(25-26-55-48)37-19-21-42(22-20-37)53(4,5)6;/h11-28,30-33,58H,10H2,1-9H3;/q-1;/i4D3,5D3,6D3,19D,20D,21D,22D;. The molecule has 8 rings (SSSR count). The van der Waals surface area contributed by atoms with Gasteiger partial charge in [-0.1, -0.05) is 144 Å². The molecular formula is C54H52N3OPt-. The molecule has 6 aromatic carbocycles. The Kier molecular flexibility index (Phi) is 7.70. The summed E-state index contributed by atoms with van der Waals surface area (Å²) in [5.41, 5.74) is 5.33. The molecule has 0 spiro atoms. The molecule has 0 aliphatic heterocycles. The normalized spacial score (nSPS) is 15.7. The van der Waals surface area contributed by atoms with E-state index in [0.29, 0.717) is 39.3 Å². The monoisotopic (exact) mass is 966 g/mol. The summed E-state index contributed by atoms with van der Waals surface area (Å²) in [6.45, 7) is 0.731. The largest absolute Gasteiger partial charge is 0.507 e. The number of imidazole rings is 1. The van der Waals surface area contributed by atoms with E-state index in [1.165, 1.54) is 18.3 Å². The number of rotatable bonds is 7. The van der Waals surface area contributed by atoms with Crippen molar-refractivity contribution in [1.29, 1.82) is 0 Å². The summed E-state index contributed by atoms with van der Waals surface area (Å²) in [6.07, 6.45) is 2.18. The molecule has 4 nitrogen and oxygen atoms in total. The summed E-state index contributed by atoms with van der Waals surface area (Å²) in [7, 11) is 0. The van der Waals surface area contributed by atoms with Gasteiger partial charge in [0.05, 0.1) is 22.1 Å². The first kappa shape index (κ1) is 28.0. The summed E-state index contributed by atoms with van der Waals surface area (Å²) in [5.74, 6) is 0.648. The van der Waals surface area contributed by atoms with Crippen molar-refractivity contribution in [2.75, 3.05) is 0 Å². The number of aromatic nitrogens is 3. The topological polar surface area (TPSA) is 50.9 Å². The number of phenolic OH excluding ortho intramolecular Hbond substituents is 1. The first-order valence-electron chi connectivity index (χ1n) is 25.8. The minimum absolute atomic E-state index is 0. The first-order valence-corrected chi connectivity index (χ1v) is 19.3. The predicted molar refractivity (Wildman–Crippen MR) is 243 cm³/mol. The van der Waals surface area contributed by atoms with Crippen LogP contribution in [-0.4, -0.2) is 19.6 Å². The number of benzene rings is 6. The van der Waals surface area contributed by atoms with Crippen molar-refractivity contribution in [3.63, 3.8) is 0 Å². The summed E-state index contributed by atoms with van der Waals surface area (Å²) >= 11 is 0. The second-order valence-electron chi connectivity index (χ2n) is 15.9. The average molecular weight is 967 g/mol. The molecule has 0 bridgehead atoms. The van der Waals surface area contributed by atoms with Gasteiger partial charge in [-0.3, -0.25) is 9.55 Å². The van der Waals surface area contributed by atoms with E-state index in [1.54, 1.807) is 0 Å². The molecular weight excluding hydrogens is 902 g/mol. The molecule has 0 aliphatic rings. The van der Waals surface area contributed by atoms with Crippen LogP contribution in [0, 0.1) is 19.9 Å². The number of para-hydroxylation sites is 1. The van der Waals surface area contributed by atoms with Gasteiger partial charge < -0.3 is 5.11 Å². The quantitative estimate of drug-likeness (QED) is 0.162. The summed E-state index contributed by atoms with van der Waals surface area (Å²) in [4.78, 5) is 10.0. The zero-order valence-corrected chi connectivity index (χ0v) is 36.0. The van der Waals surface area contributed by atoms with Crippen LogP contribution in [0.25, 0.3) is 72.7 Å². The van der Waals surface area contributed by atoms with Crippen molar-refractivity contribution < 1.29 is 44.0 Å².